The van der Waals surface area contributed by atoms with E-state index in [4.69, 9.17) is 14.5 Å². The third kappa shape index (κ3) is 4.56. The Morgan fingerprint density at radius 3 is 2.85 bits per heavy atom. The summed E-state index contributed by atoms with van der Waals surface area (Å²) in [6, 6.07) is 5.90. The van der Waals surface area contributed by atoms with Gasteiger partial charge in [-0.1, -0.05) is 18.7 Å². The summed E-state index contributed by atoms with van der Waals surface area (Å²) in [5, 5.41) is 11.0. The first-order valence-corrected chi connectivity index (χ1v) is 10.4. The van der Waals surface area contributed by atoms with Crippen LogP contribution >= 0.6 is 23.1 Å². The zero-order valence-electron chi connectivity index (χ0n) is 15.1. The number of aromatic amines is 1. The second kappa shape index (κ2) is 9.05. The molecule has 0 aliphatic carbocycles. The van der Waals surface area contributed by atoms with Gasteiger partial charge >= 0.3 is 0 Å². The Kier molecular flexibility index (Phi) is 6.51. The van der Waals surface area contributed by atoms with Crippen LogP contribution in [-0.2, 0) is 12.2 Å². The monoisotopic (exact) mass is 390 g/mol. The molecule has 0 aliphatic heterocycles. The molecule has 0 amide bonds. The number of aryl methyl sites for hydroxylation is 1. The molecule has 6 nitrogen and oxygen atoms in total. The van der Waals surface area contributed by atoms with Crippen molar-refractivity contribution >= 4 is 23.1 Å². The molecule has 0 saturated heterocycles. The van der Waals surface area contributed by atoms with Crippen molar-refractivity contribution in [2.45, 2.75) is 37.6 Å². The number of benzene rings is 1. The van der Waals surface area contributed by atoms with Crippen LogP contribution in [0.5, 0.6) is 11.5 Å². The highest BCUT2D eigenvalue weighted by Crippen LogP contribution is 2.34. The molecule has 0 fully saturated rings. The summed E-state index contributed by atoms with van der Waals surface area (Å²) in [5.74, 6) is 3.15. The highest BCUT2D eigenvalue weighted by atomic mass is 32.2. The average Bonchev–Trinajstić information content (AvgIpc) is 3.30. The number of hydrogen-bond acceptors (Lipinski definition) is 7. The minimum absolute atomic E-state index is 0.607. The number of methoxy groups -OCH3 is 1. The van der Waals surface area contributed by atoms with Gasteiger partial charge in [-0.25, -0.2) is 9.97 Å². The van der Waals surface area contributed by atoms with Crippen molar-refractivity contribution < 1.29 is 9.47 Å². The number of nitrogens with one attached hydrogen (secondary N) is 1. The number of H-pyrrole nitrogens is 1. The Morgan fingerprint density at radius 1 is 1.19 bits per heavy atom. The van der Waals surface area contributed by atoms with Crippen molar-refractivity contribution in [1.29, 1.82) is 0 Å². The van der Waals surface area contributed by atoms with Crippen LogP contribution in [0.2, 0.25) is 0 Å². The largest absolute Gasteiger partial charge is 0.493 e. The predicted octanol–water partition coefficient (Wildman–Crippen LogP) is 4.58. The number of aromatic nitrogens is 4. The molecule has 26 heavy (non-hydrogen) atoms. The lowest BCUT2D eigenvalue weighted by Gasteiger charge is -2.09. The van der Waals surface area contributed by atoms with Crippen molar-refractivity contribution in [1.82, 2.24) is 20.2 Å². The van der Waals surface area contributed by atoms with Crippen LogP contribution in [0.3, 0.4) is 0 Å². The smallest absolute Gasteiger partial charge is 0.208 e. The molecule has 1 N–H and O–H groups in total. The first-order valence-electron chi connectivity index (χ1n) is 8.53. The van der Waals surface area contributed by atoms with Crippen LogP contribution < -0.4 is 9.47 Å². The molecule has 3 rings (SSSR count). The van der Waals surface area contributed by atoms with E-state index >= 15 is 0 Å². The van der Waals surface area contributed by atoms with Gasteiger partial charge in [0, 0.05) is 23.1 Å². The van der Waals surface area contributed by atoms with Crippen LogP contribution in [0.1, 0.15) is 31.8 Å². The second-order valence-corrected chi connectivity index (χ2v) is 7.35. The highest BCUT2D eigenvalue weighted by Gasteiger charge is 2.11. The molecule has 1 aromatic carbocycles. The van der Waals surface area contributed by atoms with Gasteiger partial charge in [-0.3, -0.25) is 5.10 Å². The van der Waals surface area contributed by atoms with E-state index in [-0.39, 0.29) is 0 Å². The van der Waals surface area contributed by atoms with Crippen molar-refractivity contribution in [3.8, 4) is 22.1 Å². The fourth-order valence-electron chi connectivity index (χ4n) is 2.41. The van der Waals surface area contributed by atoms with Gasteiger partial charge in [-0.2, -0.15) is 0 Å². The summed E-state index contributed by atoms with van der Waals surface area (Å²) in [5.41, 5.74) is 2.04. The summed E-state index contributed by atoms with van der Waals surface area (Å²) in [6.45, 7) is 4.69. The van der Waals surface area contributed by atoms with Gasteiger partial charge in [-0.05, 0) is 31.5 Å². The summed E-state index contributed by atoms with van der Waals surface area (Å²) >= 11 is 3.21. The lowest BCUT2D eigenvalue weighted by molar-refractivity contribution is 0.311. The molecule has 2 heterocycles. The first-order chi connectivity index (χ1) is 12.7. The molecule has 0 aliphatic rings. The lowest BCUT2D eigenvalue weighted by Crippen LogP contribution is -1.95. The third-order valence-electron chi connectivity index (χ3n) is 3.61. The quantitative estimate of drug-likeness (QED) is 0.539. The van der Waals surface area contributed by atoms with E-state index in [0.29, 0.717) is 6.61 Å². The van der Waals surface area contributed by atoms with Gasteiger partial charge < -0.3 is 9.47 Å². The Bertz CT molecular complexity index is 847. The van der Waals surface area contributed by atoms with E-state index in [1.54, 1.807) is 30.2 Å². The maximum absolute atomic E-state index is 5.57. The molecule has 0 bridgehead atoms. The SMILES string of the molecule is CCCc1nc(SCc2csc(-c3ccc(OCC)c(OC)c3)n2)n[nH]1. The Hall–Kier alpha value is -2.06. The standard InChI is InChI=1S/C18H22N4O2S2/c1-4-6-16-20-18(22-21-16)26-11-13-10-25-17(19-13)12-7-8-14(24-5-2)15(9-12)23-3/h7-10H,4-6,11H2,1-3H3,(H,20,21,22). The number of ether oxygens (including phenoxy) is 2. The number of hydrogen-bond donors (Lipinski definition) is 1. The van der Waals surface area contributed by atoms with Crippen molar-refractivity contribution in [2.75, 3.05) is 13.7 Å². The van der Waals surface area contributed by atoms with Gasteiger partial charge in [-0.15, -0.1) is 16.4 Å². The third-order valence-corrected chi connectivity index (χ3v) is 5.43. The van der Waals surface area contributed by atoms with Crippen LogP contribution in [-0.4, -0.2) is 33.9 Å². The molecule has 0 atom stereocenters. The molecule has 0 spiro atoms. The number of thioether (sulfide) groups is 1. The van der Waals surface area contributed by atoms with E-state index in [1.807, 2.05) is 25.1 Å². The molecule has 0 unspecified atom stereocenters. The van der Waals surface area contributed by atoms with Crippen LogP contribution in [0.15, 0.2) is 28.7 Å². The molecular weight excluding hydrogens is 368 g/mol. The van der Waals surface area contributed by atoms with E-state index in [9.17, 15) is 0 Å². The highest BCUT2D eigenvalue weighted by molar-refractivity contribution is 7.98. The summed E-state index contributed by atoms with van der Waals surface area (Å²) < 4.78 is 11.0. The molecule has 2 aromatic heterocycles. The molecular formula is C18H22N4O2S2. The van der Waals surface area contributed by atoms with E-state index in [0.717, 1.165) is 57.3 Å². The number of rotatable bonds is 9. The second-order valence-electron chi connectivity index (χ2n) is 5.55. The maximum Gasteiger partial charge on any atom is 0.208 e. The van der Waals surface area contributed by atoms with Gasteiger partial charge in [0.2, 0.25) is 5.16 Å². The fourth-order valence-corrected chi connectivity index (χ4v) is 4.04. The van der Waals surface area contributed by atoms with Crippen LogP contribution in [0.25, 0.3) is 10.6 Å². The minimum atomic E-state index is 0.607. The maximum atomic E-state index is 5.57. The topological polar surface area (TPSA) is 72.9 Å². The van der Waals surface area contributed by atoms with Crippen LogP contribution in [0, 0.1) is 0 Å². The molecule has 0 radical (unpaired) electrons. The summed E-state index contributed by atoms with van der Waals surface area (Å²) in [6.07, 6.45) is 1.98. The zero-order valence-corrected chi connectivity index (χ0v) is 16.7. The Labute approximate surface area is 161 Å². The first kappa shape index (κ1) is 18.7. The van der Waals surface area contributed by atoms with E-state index in [1.165, 1.54) is 0 Å². The lowest BCUT2D eigenvalue weighted by atomic mass is 10.2. The van der Waals surface area contributed by atoms with Gasteiger partial charge in [0.15, 0.2) is 11.5 Å². The number of nitrogens with zero attached hydrogens (tertiary/aromatic N) is 3. The number of thiazole rings is 1. The van der Waals surface area contributed by atoms with Crippen LogP contribution in [0.4, 0.5) is 0 Å². The minimum Gasteiger partial charge on any atom is -0.493 e. The van der Waals surface area contributed by atoms with Gasteiger partial charge in [0.1, 0.15) is 10.8 Å². The van der Waals surface area contributed by atoms with Gasteiger partial charge in [0.25, 0.3) is 0 Å². The summed E-state index contributed by atoms with van der Waals surface area (Å²) in [4.78, 5) is 9.20. The molecule has 8 heteroatoms. The normalized spacial score (nSPS) is 10.9. The van der Waals surface area contributed by atoms with Crippen molar-refractivity contribution in [3.63, 3.8) is 0 Å². The predicted molar refractivity (Wildman–Crippen MR) is 105 cm³/mol. The summed E-state index contributed by atoms with van der Waals surface area (Å²) in [7, 11) is 1.65. The van der Waals surface area contributed by atoms with Gasteiger partial charge in [0.05, 0.1) is 19.4 Å². The molecule has 138 valence electrons. The van der Waals surface area contributed by atoms with E-state index in [2.05, 4.69) is 27.5 Å². The zero-order chi connectivity index (χ0) is 18.4. The average molecular weight is 391 g/mol. The van der Waals surface area contributed by atoms with Crippen molar-refractivity contribution in [2.24, 2.45) is 0 Å². The molecule has 0 saturated carbocycles. The van der Waals surface area contributed by atoms with E-state index < -0.39 is 0 Å². The molecule has 3 aromatic rings. The fraction of sp³-hybridized carbons (Fsp3) is 0.389. The van der Waals surface area contributed by atoms with Crippen molar-refractivity contribution in [3.05, 3.63) is 35.1 Å². The Morgan fingerprint density at radius 2 is 2.08 bits per heavy atom. The Balaban J connectivity index is 1.67.